The van der Waals surface area contributed by atoms with Gasteiger partial charge in [0.1, 0.15) is 5.69 Å². The Bertz CT molecular complexity index is 627. The summed E-state index contributed by atoms with van der Waals surface area (Å²) in [6, 6.07) is 3.39. The van der Waals surface area contributed by atoms with Gasteiger partial charge in [0.2, 0.25) is 0 Å². The van der Waals surface area contributed by atoms with E-state index in [9.17, 15) is 20.0 Å². The molecule has 2 aromatic rings. The van der Waals surface area contributed by atoms with Crippen LogP contribution in [0.25, 0.3) is 10.4 Å². The summed E-state index contributed by atoms with van der Waals surface area (Å²) >= 11 is 1.26. The molecule has 2 rings (SSSR count). The topological polar surface area (TPSA) is 93.3 Å². The van der Waals surface area contributed by atoms with Crippen molar-refractivity contribution in [2.75, 3.05) is 0 Å². The lowest BCUT2D eigenvalue weighted by molar-refractivity contribution is -0.385. The summed E-state index contributed by atoms with van der Waals surface area (Å²) < 4.78 is 0. The molecule has 98 valence electrons. The van der Waals surface area contributed by atoms with E-state index in [-0.39, 0.29) is 28.2 Å². The van der Waals surface area contributed by atoms with Crippen LogP contribution in [-0.4, -0.2) is 21.0 Å². The third kappa shape index (κ3) is 2.19. The van der Waals surface area contributed by atoms with E-state index in [1.807, 2.05) is 0 Å². The van der Waals surface area contributed by atoms with Crippen molar-refractivity contribution in [1.29, 1.82) is 0 Å². The predicted molar refractivity (Wildman–Crippen MR) is 70.6 cm³/mol. The minimum Gasteiger partial charge on any atom is -0.478 e. The maximum absolute atomic E-state index is 11.4. The fourth-order valence-corrected chi connectivity index (χ4v) is 2.76. The number of hydrogen-bond acceptors (Lipinski definition) is 5. The number of carboxylic acids is 1. The van der Waals surface area contributed by atoms with E-state index in [4.69, 9.17) is 0 Å². The van der Waals surface area contributed by atoms with Crippen molar-refractivity contribution in [2.24, 2.45) is 0 Å². The third-order valence-electron chi connectivity index (χ3n) is 2.69. The number of thiophene rings is 1. The Balaban J connectivity index is 2.93. The van der Waals surface area contributed by atoms with E-state index in [0.717, 1.165) is 0 Å². The van der Waals surface area contributed by atoms with Crippen molar-refractivity contribution in [2.45, 2.75) is 13.8 Å². The highest BCUT2D eigenvalue weighted by Crippen LogP contribution is 2.38. The van der Waals surface area contributed by atoms with E-state index in [1.54, 1.807) is 17.5 Å². The monoisotopic (exact) mass is 278 g/mol. The summed E-state index contributed by atoms with van der Waals surface area (Å²) in [7, 11) is 0. The molecule has 0 saturated heterocycles. The fraction of sp³-hybridized carbons (Fsp3) is 0.167. The maximum Gasteiger partial charge on any atom is 0.338 e. The van der Waals surface area contributed by atoms with Gasteiger partial charge in [-0.3, -0.25) is 15.1 Å². The molecule has 0 radical (unpaired) electrons. The van der Waals surface area contributed by atoms with Crippen molar-refractivity contribution in [3.8, 4) is 10.4 Å². The quantitative estimate of drug-likeness (QED) is 0.688. The van der Waals surface area contributed by atoms with Crippen LogP contribution in [0, 0.1) is 24.0 Å². The van der Waals surface area contributed by atoms with Gasteiger partial charge >= 0.3 is 5.97 Å². The number of hydrogen-bond donors (Lipinski definition) is 1. The van der Waals surface area contributed by atoms with Crippen LogP contribution in [0.15, 0.2) is 17.5 Å². The number of aromatic nitrogens is 1. The van der Waals surface area contributed by atoms with Crippen LogP contribution in [0.4, 0.5) is 5.69 Å². The van der Waals surface area contributed by atoms with E-state index in [2.05, 4.69) is 4.98 Å². The van der Waals surface area contributed by atoms with Crippen LogP contribution in [0.3, 0.4) is 0 Å². The van der Waals surface area contributed by atoms with Gasteiger partial charge in [0, 0.05) is 4.88 Å². The molecule has 0 spiro atoms. The molecule has 0 atom stereocenters. The zero-order valence-corrected chi connectivity index (χ0v) is 11.0. The molecule has 0 fully saturated rings. The first-order valence-corrected chi connectivity index (χ1v) is 6.24. The van der Waals surface area contributed by atoms with Crippen LogP contribution in [0.5, 0.6) is 0 Å². The predicted octanol–water partition coefficient (Wildman–Crippen LogP) is 3.03. The van der Waals surface area contributed by atoms with Gasteiger partial charge in [-0.05, 0) is 25.3 Å². The first kappa shape index (κ1) is 13.2. The fourth-order valence-electron chi connectivity index (χ4n) is 1.99. The highest BCUT2D eigenvalue weighted by molar-refractivity contribution is 7.13. The molecular weight excluding hydrogens is 268 g/mol. The second-order valence-corrected chi connectivity index (χ2v) is 4.87. The Labute approximate surface area is 112 Å². The van der Waals surface area contributed by atoms with Gasteiger partial charge in [0.25, 0.3) is 5.69 Å². The summed E-state index contributed by atoms with van der Waals surface area (Å²) in [6.07, 6.45) is 0. The van der Waals surface area contributed by atoms with Crippen LogP contribution >= 0.6 is 11.3 Å². The lowest BCUT2D eigenvalue weighted by atomic mass is 10.0. The highest BCUT2D eigenvalue weighted by Gasteiger charge is 2.29. The summed E-state index contributed by atoms with van der Waals surface area (Å²) in [5.41, 5.74) is 0.276. The summed E-state index contributed by atoms with van der Waals surface area (Å²) in [4.78, 5) is 26.5. The largest absolute Gasteiger partial charge is 0.478 e. The number of nitrogens with zero attached hydrogens (tertiary/aromatic N) is 2. The first-order chi connectivity index (χ1) is 8.93. The molecule has 2 aromatic heterocycles. The molecule has 0 aliphatic carbocycles. The van der Waals surface area contributed by atoms with Gasteiger partial charge in [-0.1, -0.05) is 6.07 Å². The Morgan fingerprint density at radius 3 is 2.58 bits per heavy atom. The van der Waals surface area contributed by atoms with Crippen molar-refractivity contribution in [1.82, 2.24) is 4.98 Å². The van der Waals surface area contributed by atoms with Crippen LogP contribution in [-0.2, 0) is 0 Å². The van der Waals surface area contributed by atoms with Gasteiger partial charge in [0.05, 0.1) is 21.7 Å². The minimum atomic E-state index is -1.21. The second kappa shape index (κ2) is 4.77. The molecule has 2 heterocycles. The Hall–Kier alpha value is -2.28. The summed E-state index contributed by atoms with van der Waals surface area (Å²) in [5, 5.41) is 22.2. The van der Waals surface area contributed by atoms with Crippen molar-refractivity contribution >= 4 is 23.0 Å². The summed E-state index contributed by atoms with van der Waals surface area (Å²) in [5.74, 6) is -1.21. The average molecular weight is 278 g/mol. The number of carbonyl (C=O) groups is 1. The van der Waals surface area contributed by atoms with Gasteiger partial charge in [-0.25, -0.2) is 4.79 Å². The molecule has 19 heavy (non-hydrogen) atoms. The molecule has 0 amide bonds. The van der Waals surface area contributed by atoms with E-state index < -0.39 is 10.9 Å². The highest BCUT2D eigenvalue weighted by atomic mass is 32.1. The molecule has 7 heteroatoms. The molecule has 0 bridgehead atoms. The standard InChI is InChI=1S/C12H10N2O4S/c1-6-9(12(15)16)10(8-4-3-5-19-8)11(14(17)18)7(2)13-6/h3-5H,1-2H3,(H,15,16). The summed E-state index contributed by atoms with van der Waals surface area (Å²) in [6.45, 7) is 3.05. The van der Waals surface area contributed by atoms with Crippen LogP contribution in [0.1, 0.15) is 21.7 Å². The lowest BCUT2D eigenvalue weighted by Gasteiger charge is -2.09. The Morgan fingerprint density at radius 2 is 2.11 bits per heavy atom. The smallest absolute Gasteiger partial charge is 0.338 e. The molecule has 0 unspecified atom stereocenters. The molecule has 0 aliphatic heterocycles. The van der Waals surface area contributed by atoms with E-state index >= 15 is 0 Å². The zero-order chi connectivity index (χ0) is 14.2. The number of rotatable bonds is 3. The number of aryl methyl sites for hydroxylation is 2. The molecule has 0 aliphatic rings. The van der Waals surface area contributed by atoms with Crippen molar-refractivity contribution in [3.63, 3.8) is 0 Å². The van der Waals surface area contributed by atoms with Gasteiger partial charge < -0.3 is 5.11 Å². The molecule has 0 saturated carbocycles. The normalized spacial score (nSPS) is 10.4. The van der Waals surface area contributed by atoms with Crippen molar-refractivity contribution in [3.05, 3.63) is 44.6 Å². The SMILES string of the molecule is Cc1nc(C)c([N+](=O)[O-])c(-c2cccs2)c1C(=O)O. The maximum atomic E-state index is 11.4. The molecular formula is C12H10N2O4S. The molecule has 6 nitrogen and oxygen atoms in total. The lowest BCUT2D eigenvalue weighted by Crippen LogP contribution is -2.09. The third-order valence-corrected chi connectivity index (χ3v) is 3.58. The zero-order valence-electron chi connectivity index (χ0n) is 10.2. The first-order valence-electron chi connectivity index (χ1n) is 5.36. The minimum absolute atomic E-state index is 0.111. The number of nitro groups is 1. The average Bonchev–Trinajstić information content (AvgIpc) is 2.79. The van der Waals surface area contributed by atoms with Gasteiger partial charge in [0.15, 0.2) is 0 Å². The number of aromatic carboxylic acids is 1. The van der Waals surface area contributed by atoms with Crippen LogP contribution < -0.4 is 0 Å². The van der Waals surface area contributed by atoms with Crippen LogP contribution in [0.2, 0.25) is 0 Å². The van der Waals surface area contributed by atoms with E-state index in [1.165, 1.54) is 25.2 Å². The molecule has 0 aromatic carbocycles. The number of pyridine rings is 1. The Morgan fingerprint density at radius 1 is 1.42 bits per heavy atom. The number of carboxylic acid groups (broad SMARTS) is 1. The van der Waals surface area contributed by atoms with Crippen molar-refractivity contribution < 1.29 is 14.8 Å². The second-order valence-electron chi connectivity index (χ2n) is 3.92. The molecule has 1 N–H and O–H groups in total. The van der Waals surface area contributed by atoms with E-state index in [0.29, 0.717) is 4.88 Å². The van der Waals surface area contributed by atoms with Gasteiger partial charge in [-0.2, -0.15) is 0 Å². The van der Waals surface area contributed by atoms with Gasteiger partial charge in [-0.15, -0.1) is 11.3 Å². The Kier molecular flexibility index (Phi) is 3.30.